The van der Waals surface area contributed by atoms with Crippen molar-refractivity contribution in [3.8, 4) is 11.5 Å². The Morgan fingerprint density at radius 1 is 0.824 bits per heavy atom. The van der Waals surface area contributed by atoms with Gasteiger partial charge in [0.05, 0.1) is 0 Å². The summed E-state index contributed by atoms with van der Waals surface area (Å²) in [5.41, 5.74) is 5.39. The monoisotopic (exact) mass is 484 g/mol. The van der Waals surface area contributed by atoms with Gasteiger partial charge in [-0.25, -0.2) is 0 Å². The van der Waals surface area contributed by atoms with E-state index in [1.807, 2.05) is 18.2 Å². The van der Waals surface area contributed by atoms with Gasteiger partial charge < -0.3 is 18.6 Å². The fraction of sp³-hybridized carbons (Fsp3) is 0.571. The normalized spacial score (nSPS) is 12.0. The SMILES string of the molecule is COCOc1cc(B(C)C)c(CCO[Si](C(C)C)(C(C)C)C(C)C)cc1OCc1ccccc1. The zero-order valence-corrected chi connectivity index (χ0v) is 23.8. The van der Waals surface area contributed by atoms with Gasteiger partial charge in [0, 0.05) is 13.7 Å². The second kappa shape index (κ2) is 13.4. The highest BCUT2D eigenvalue weighted by Gasteiger charge is 2.44. The highest BCUT2D eigenvalue weighted by atomic mass is 28.4. The van der Waals surface area contributed by atoms with Crippen molar-refractivity contribution in [1.29, 1.82) is 0 Å². The molecule has 0 radical (unpaired) electrons. The van der Waals surface area contributed by atoms with Crippen LogP contribution in [0.5, 0.6) is 11.5 Å². The van der Waals surface area contributed by atoms with Crippen LogP contribution in [-0.4, -0.2) is 35.5 Å². The molecule has 0 fully saturated rings. The summed E-state index contributed by atoms with van der Waals surface area (Å²) >= 11 is 0. The van der Waals surface area contributed by atoms with Crippen LogP contribution < -0.4 is 14.9 Å². The Hall–Kier alpha value is -1.76. The molecule has 0 heterocycles. The Morgan fingerprint density at radius 3 is 1.94 bits per heavy atom. The highest BCUT2D eigenvalue weighted by molar-refractivity contribution is 6.77. The molecule has 0 aliphatic rings. The predicted octanol–water partition coefficient (Wildman–Crippen LogP) is 6.94. The zero-order chi connectivity index (χ0) is 25.3. The molecule has 2 aromatic rings. The van der Waals surface area contributed by atoms with Crippen LogP contribution in [0.3, 0.4) is 0 Å². The minimum absolute atomic E-state index is 0.187. The Bertz CT molecular complexity index is 846. The van der Waals surface area contributed by atoms with Crippen molar-refractivity contribution in [2.24, 2.45) is 0 Å². The summed E-state index contributed by atoms with van der Waals surface area (Å²) in [5, 5.41) is 0. The third-order valence-electron chi connectivity index (χ3n) is 6.83. The highest BCUT2D eigenvalue weighted by Crippen LogP contribution is 2.42. The Labute approximate surface area is 209 Å². The van der Waals surface area contributed by atoms with Crippen LogP contribution in [0.1, 0.15) is 52.7 Å². The number of ether oxygens (including phenoxy) is 3. The molecular formula is C28H45BO4Si. The first-order valence-electron chi connectivity index (χ1n) is 12.7. The molecule has 6 heteroatoms. The molecule has 4 nitrogen and oxygen atoms in total. The lowest BCUT2D eigenvalue weighted by molar-refractivity contribution is 0.0484. The van der Waals surface area contributed by atoms with Gasteiger partial charge in [0.15, 0.2) is 33.3 Å². The first kappa shape index (κ1) is 28.5. The molecule has 0 aromatic heterocycles. The third-order valence-corrected chi connectivity index (χ3v) is 12.9. The van der Waals surface area contributed by atoms with E-state index in [-0.39, 0.29) is 6.79 Å². The summed E-state index contributed by atoms with van der Waals surface area (Å²) < 4.78 is 24.2. The predicted molar refractivity (Wildman–Crippen MR) is 148 cm³/mol. The standard InChI is InChI=1S/C28H45BO4Si/c1-21(2)34(22(3)4,23(5)6)33-16-15-25-17-27(31-19-24-13-11-10-12-14-24)28(32-20-30-9)18-26(25)29(7)8/h10-14,17-18,21-23H,15-16,19-20H2,1-9H3. The third kappa shape index (κ3) is 7.13. The van der Waals surface area contributed by atoms with Crippen molar-refractivity contribution < 1.29 is 18.6 Å². The molecular weight excluding hydrogens is 439 g/mol. The Morgan fingerprint density at radius 2 is 1.41 bits per heavy atom. The fourth-order valence-electron chi connectivity index (χ4n) is 5.29. The lowest BCUT2D eigenvalue weighted by Crippen LogP contribution is -2.48. The maximum Gasteiger partial charge on any atom is 0.200 e. The molecule has 34 heavy (non-hydrogen) atoms. The zero-order valence-electron chi connectivity index (χ0n) is 22.8. The first-order chi connectivity index (χ1) is 16.1. The molecule has 0 saturated carbocycles. The number of methoxy groups -OCH3 is 1. The van der Waals surface area contributed by atoms with Crippen molar-refractivity contribution in [2.45, 2.75) is 84.8 Å². The molecule has 0 N–H and O–H groups in total. The van der Waals surface area contributed by atoms with Gasteiger partial charge >= 0.3 is 0 Å². The van der Waals surface area contributed by atoms with Crippen molar-refractivity contribution in [1.82, 2.24) is 0 Å². The Balaban J connectivity index is 2.31. The van der Waals surface area contributed by atoms with Gasteiger partial charge in [-0.15, -0.1) is 0 Å². The van der Waals surface area contributed by atoms with E-state index in [2.05, 4.69) is 79.5 Å². The summed E-state index contributed by atoms with van der Waals surface area (Å²) in [6.45, 7) is 20.2. The van der Waals surface area contributed by atoms with E-state index in [0.29, 0.717) is 29.9 Å². The minimum Gasteiger partial charge on any atom is -0.485 e. The summed E-state index contributed by atoms with van der Waals surface area (Å²) in [5.74, 6) is 1.47. The quantitative estimate of drug-likeness (QED) is 0.215. The largest absolute Gasteiger partial charge is 0.485 e. The molecule has 0 saturated heterocycles. The summed E-state index contributed by atoms with van der Waals surface area (Å²) in [6.07, 6.45) is 0.862. The number of hydrogen-bond acceptors (Lipinski definition) is 4. The molecule has 0 spiro atoms. The van der Waals surface area contributed by atoms with Crippen LogP contribution in [0.4, 0.5) is 0 Å². The Kier molecular flexibility index (Phi) is 11.2. The summed E-state index contributed by atoms with van der Waals surface area (Å²) in [4.78, 5) is 0. The molecule has 2 aromatic carbocycles. The molecule has 0 bridgehead atoms. The van der Waals surface area contributed by atoms with Crippen LogP contribution in [-0.2, 0) is 22.2 Å². The van der Waals surface area contributed by atoms with Crippen LogP contribution in [0.2, 0.25) is 30.3 Å². The first-order valence-corrected chi connectivity index (χ1v) is 14.9. The maximum atomic E-state index is 6.86. The molecule has 0 aliphatic carbocycles. The van der Waals surface area contributed by atoms with E-state index in [1.165, 1.54) is 11.0 Å². The second-order valence-electron chi connectivity index (χ2n) is 10.4. The summed E-state index contributed by atoms with van der Waals surface area (Å²) in [6, 6.07) is 14.5. The van der Waals surface area contributed by atoms with E-state index in [4.69, 9.17) is 18.6 Å². The van der Waals surface area contributed by atoms with E-state index < -0.39 is 8.32 Å². The average Bonchev–Trinajstić information content (AvgIpc) is 2.79. The van der Waals surface area contributed by atoms with Crippen LogP contribution in [0.15, 0.2) is 42.5 Å². The topological polar surface area (TPSA) is 36.9 Å². The second-order valence-corrected chi connectivity index (χ2v) is 15.9. The van der Waals surface area contributed by atoms with Gasteiger partial charge in [-0.3, -0.25) is 0 Å². The van der Waals surface area contributed by atoms with Crippen molar-refractivity contribution in [2.75, 3.05) is 20.5 Å². The van der Waals surface area contributed by atoms with E-state index in [1.54, 1.807) is 7.11 Å². The van der Waals surface area contributed by atoms with Gasteiger partial charge in [-0.1, -0.05) is 91.0 Å². The van der Waals surface area contributed by atoms with Gasteiger partial charge in [-0.05, 0) is 46.3 Å². The molecule has 0 aliphatic heterocycles. The van der Waals surface area contributed by atoms with Gasteiger partial charge in [0.2, 0.25) is 0 Å². The number of benzene rings is 2. The van der Waals surface area contributed by atoms with E-state index in [0.717, 1.165) is 30.1 Å². The van der Waals surface area contributed by atoms with Crippen LogP contribution in [0, 0.1) is 0 Å². The van der Waals surface area contributed by atoms with Gasteiger partial charge in [-0.2, -0.15) is 0 Å². The molecule has 0 atom stereocenters. The van der Waals surface area contributed by atoms with Crippen molar-refractivity contribution in [3.63, 3.8) is 0 Å². The van der Waals surface area contributed by atoms with Crippen molar-refractivity contribution >= 4 is 20.5 Å². The lowest BCUT2D eigenvalue weighted by Gasteiger charge is -2.42. The van der Waals surface area contributed by atoms with Crippen LogP contribution >= 0.6 is 0 Å². The van der Waals surface area contributed by atoms with Gasteiger partial charge in [0.25, 0.3) is 0 Å². The average molecular weight is 485 g/mol. The molecule has 188 valence electrons. The molecule has 0 amide bonds. The molecule has 0 unspecified atom stereocenters. The number of hydrogen-bond donors (Lipinski definition) is 0. The van der Waals surface area contributed by atoms with Crippen molar-refractivity contribution in [3.05, 3.63) is 53.6 Å². The lowest BCUT2D eigenvalue weighted by atomic mass is 9.48. The summed E-state index contributed by atoms with van der Waals surface area (Å²) in [7, 11) is -0.267. The minimum atomic E-state index is -1.90. The van der Waals surface area contributed by atoms with Crippen LogP contribution in [0.25, 0.3) is 0 Å². The van der Waals surface area contributed by atoms with E-state index >= 15 is 0 Å². The maximum absolute atomic E-state index is 6.86. The van der Waals surface area contributed by atoms with E-state index in [9.17, 15) is 0 Å². The van der Waals surface area contributed by atoms with Gasteiger partial charge in [0.1, 0.15) is 6.61 Å². The number of rotatable bonds is 14. The fourth-order valence-corrected chi connectivity index (χ4v) is 10.7. The molecule has 2 rings (SSSR count). The smallest absolute Gasteiger partial charge is 0.200 e.